The molecule has 1 aromatic rings. The van der Waals surface area contributed by atoms with Crippen LogP contribution in [0.5, 0.6) is 5.75 Å². The molecule has 1 aliphatic rings. The number of likely N-dealkylation sites (N-methyl/N-ethyl adjacent to an activating group) is 1. The summed E-state index contributed by atoms with van der Waals surface area (Å²) in [6, 6.07) is 4.37. The van der Waals surface area contributed by atoms with E-state index >= 15 is 0 Å². The van der Waals surface area contributed by atoms with Crippen molar-refractivity contribution in [2.75, 3.05) is 20.2 Å². The van der Waals surface area contributed by atoms with Crippen molar-refractivity contribution in [3.63, 3.8) is 0 Å². The summed E-state index contributed by atoms with van der Waals surface area (Å²) in [6.07, 6.45) is 4.10. The van der Waals surface area contributed by atoms with Gasteiger partial charge in [-0.1, -0.05) is 0 Å². The van der Waals surface area contributed by atoms with E-state index in [1.165, 1.54) is 12.8 Å². The predicted molar refractivity (Wildman–Crippen MR) is 64.8 cm³/mol. The smallest absolute Gasteiger partial charge is 0.139 e. The fraction of sp³-hybridized carbons (Fsp3) is 0.538. The second-order valence-electron chi connectivity index (χ2n) is 4.50. The van der Waals surface area contributed by atoms with Crippen molar-refractivity contribution in [3.05, 3.63) is 23.5 Å². The second kappa shape index (κ2) is 5.15. The summed E-state index contributed by atoms with van der Waals surface area (Å²) in [5, 5.41) is 8.91. The quantitative estimate of drug-likeness (QED) is 0.795. The van der Waals surface area contributed by atoms with Crippen LogP contribution in [0, 0.1) is 18.3 Å². The van der Waals surface area contributed by atoms with E-state index in [2.05, 4.69) is 23.0 Å². The molecule has 4 nitrogen and oxygen atoms in total. The molecule has 1 fully saturated rings. The van der Waals surface area contributed by atoms with Gasteiger partial charge in [-0.25, -0.2) is 0 Å². The molecule has 2 heterocycles. The molecule has 1 saturated heterocycles. The lowest BCUT2D eigenvalue weighted by Crippen LogP contribution is -2.30. The molecule has 4 heteroatoms. The molecular weight excluding hydrogens is 214 g/mol. The summed E-state index contributed by atoms with van der Waals surface area (Å²) in [5.74, 6) is 0.687. The Hall–Kier alpha value is -1.60. The molecule has 2 rings (SSSR count). The Labute approximate surface area is 102 Å². The highest BCUT2D eigenvalue weighted by Crippen LogP contribution is 2.18. The summed E-state index contributed by atoms with van der Waals surface area (Å²) in [6.45, 7) is 3.64. The van der Waals surface area contributed by atoms with Crippen molar-refractivity contribution in [1.29, 1.82) is 5.26 Å². The third-order valence-electron chi connectivity index (χ3n) is 3.30. The summed E-state index contributed by atoms with van der Waals surface area (Å²) >= 11 is 0. The highest BCUT2D eigenvalue weighted by Gasteiger charge is 2.21. The molecule has 0 unspecified atom stereocenters. The number of ether oxygens (including phenoxy) is 1. The molecule has 1 aromatic heterocycles. The molecule has 0 N–H and O–H groups in total. The number of aromatic nitrogens is 1. The second-order valence-corrected chi connectivity index (χ2v) is 4.50. The molecule has 0 saturated carbocycles. The number of pyridine rings is 1. The molecule has 0 aliphatic carbocycles. The summed E-state index contributed by atoms with van der Waals surface area (Å²) in [7, 11) is 2.12. The summed E-state index contributed by atoms with van der Waals surface area (Å²) in [4.78, 5) is 6.47. The van der Waals surface area contributed by atoms with Gasteiger partial charge in [-0.3, -0.25) is 4.98 Å². The molecule has 0 amide bonds. The number of aryl methyl sites for hydroxylation is 1. The van der Waals surface area contributed by atoms with Gasteiger partial charge in [0.1, 0.15) is 18.4 Å². The fourth-order valence-corrected chi connectivity index (χ4v) is 2.09. The largest absolute Gasteiger partial charge is 0.490 e. The number of hydrogen-bond donors (Lipinski definition) is 0. The first-order chi connectivity index (χ1) is 8.20. The van der Waals surface area contributed by atoms with Crippen molar-refractivity contribution in [2.45, 2.75) is 25.8 Å². The van der Waals surface area contributed by atoms with E-state index < -0.39 is 0 Å². The molecule has 90 valence electrons. The van der Waals surface area contributed by atoms with Crippen LogP contribution in [0.3, 0.4) is 0 Å². The van der Waals surface area contributed by atoms with Crippen molar-refractivity contribution in [1.82, 2.24) is 9.88 Å². The maximum absolute atomic E-state index is 8.91. The Morgan fingerprint density at radius 3 is 3.12 bits per heavy atom. The number of nitrogens with zero attached hydrogens (tertiary/aromatic N) is 3. The van der Waals surface area contributed by atoms with Gasteiger partial charge >= 0.3 is 0 Å². The SMILES string of the molecule is Cc1ncc(OC[C@@H]2CCCN2C)cc1C#N. The minimum Gasteiger partial charge on any atom is -0.490 e. The van der Waals surface area contributed by atoms with E-state index in [-0.39, 0.29) is 0 Å². The molecule has 0 aromatic carbocycles. The molecular formula is C13H17N3O. The molecule has 0 bridgehead atoms. The maximum atomic E-state index is 8.91. The van der Waals surface area contributed by atoms with Crippen molar-refractivity contribution in [3.8, 4) is 11.8 Å². The van der Waals surface area contributed by atoms with Gasteiger partial charge in [0, 0.05) is 12.1 Å². The first-order valence-corrected chi connectivity index (χ1v) is 5.90. The minimum absolute atomic E-state index is 0.488. The first kappa shape index (κ1) is 11.9. The summed E-state index contributed by atoms with van der Waals surface area (Å²) in [5.41, 5.74) is 1.33. The monoisotopic (exact) mass is 231 g/mol. The van der Waals surface area contributed by atoms with E-state index in [9.17, 15) is 0 Å². The lowest BCUT2D eigenvalue weighted by Gasteiger charge is -2.19. The molecule has 1 aliphatic heterocycles. The van der Waals surface area contributed by atoms with Gasteiger partial charge in [0.25, 0.3) is 0 Å². The van der Waals surface area contributed by atoms with Crippen LogP contribution in [-0.2, 0) is 0 Å². The average molecular weight is 231 g/mol. The zero-order valence-electron chi connectivity index (χ0n) is 10.3. The lowest BCUT2D eigenvalue weighted by molar-refractivity contribution is 0.198. The topological polar surface area (TPSA) is 49.1 Å². The maximum Gasteiger partial charge on any atom is 0.139 e. The van der Waals surface area contributed by atoms with Gasteiger partial charge in [0.2, 0.25) is 0 Å². The number of nitriles is 1. The van der Waals surface area contributed by atoms with Gasteiger partial charge in [-0.15, -0.1) is 0 Å². The van der Waals surface area contributed by atoms with E-state index in [0.29, 0.717) is 24.0 Å². The Morgan fingerprint density at radius 2 is 2.47 bits per heavy atom. The van der Waals surface area contributed by atoms with Gasteiger partial charge < -0.3 is 9.64 Å². The molecule has 17 heavy (non-hydrogen) atoms. The van der Waals surface area contributed by atoms with Crippen LogP contribution >= 0.6 is 0 Å². The van der Waals surface area contributed by atoms with Crippen LogP contribution in [0.1, 0.15) is 24.1 Å². The molecule has 1 atom stereocenters. The van der Waals surface area contributed by atoms with Crippen LogP contribution in [-0.4, -0.2) is 36.1 Å². The van der Waals surface area contributed by atoms with Gasteiger partial charge in [0.15, 0.2) is 0 Å². The van der Waals surface area contributed by atoms with Crippen molar-refractivity contribution >= 4 is 0 Å². The Kier molecular flexibility index (Phi) is 3.60. The normalized spacial score (nSPS) is 20.2. The average Bonchev–Trinajstić information content (AvgIpc) is 2.74. The van der Waals surface area contributed by atoms with Gasteiger partial charge in [0.05, 0.1) is 17.5 Å². The van der Waals surface area contributed by atoms with E-state index in [4.69, 9.17) is 10.00 Å². The Morgan fingerprint density at radius 1 is 1.65 bits per heavy atom. The number of likely N-dealkylation sites (tertiary alicyclic amines) is 1. The molecule has 0 radical (unpaired) electrons. The predicted octanol–water partition coefficient (Wildman–Crippen LogP) is 1.73. The van der Waals surface area contributed by atoms with E-state index in [1.54, 1.807) is 12.3 Å². The minimum atomic E-state index is 0.488. The van der Waals surface area contributed by atoms with Crippen LogP contribution < -0.4 is 4.74 Å². The third kappa shape index (κ3) is 2.75. The first-order valence-electron chi connectivity index (χ1n) is 5.90. The van der Waals surface area contributed by atoms with E-state index in [0.717, 1.165) is 12.2 Å². The van der Waals surface area contributed by atoms with Crippen LogP contribution in [0.4, 0.5) is 0 Å². The Bertz CT molecular complexity index is 439. The fourth-order valence-electron chi connectivity index (χ4n) is 2.09. The zero-order valence-corrected chi connectivity index (χ0v) is 10.3. The highest BCUT2D eigenvalue weighted by molar-refractivity contribution is 5.37. The van der Waals surface area contributed by atoms with Gasteiger partial charge in [-0.2, -0.15) is 5.26 Å². The third-order valence-corrected chi connectivity index (χ3v) is 3.30. The standard InChI is InChI=1S/C13H17N3O/c1-10-11(7-14)6-13(8-15-10)17-9-12-4-3-5-16(12)2/h6,8,12H,3-5,9H2,1-2H3/t12-/m0/s1. The van der Waals surface area contributed by atoms with Crippen LogP contribution in [0.2, 0.25) is 0 Å². The zero-order chi connectivity index (χ0) is 12.3. The van der Waals surface area contributed by atoms with Crippen LogP contribution in [0.25, 0.3) is 0 Å². The summed E-state index contributed by atoms with van der Waals surface area (Å²) < 4.78 is 5.70. The van der Waals surface area contributed by atoms with Gasteiger partial charge in [-0.05, 0) is 33.4 Å². The number of rotatable bonds is 3. The Balaban J connectivity index is 1.97. The van der Waals surface area contributed by atoms with Crippen LogP contribution in [0.15, 0.2) is 12.3 Å². The number of hydrogen-bond acceptors (Lipinski definition) is 4. The van der Waals surface area contributed by atoms with Crippen molar-refractivity contribution in [2.24, 2.45) is 0 Å². The van der Waals surface area contributed by atoms with E-state index in [1.807, 2.05) is 6.92 Å². The highest BCUT2D eigenvalue weighted by atomic mass is 16.5. The van der Waals surface area contributed by atoms with Crippen molar-refractivity contribution < 1.29 is 4.74 Å². The molecule has 0 spiro atoms. The lowest BCUT2D eigenvalue weighted by atomic mass is 10.2.